The molecule has 0 aliphatic heterocycles. The second-order valence-corrected chi connectivity index (χ2v) is 29.0. The SMILES string of the molecule is Brc1ccccc1-c1ccccc1.c1ccc(-c2ccccc2N(c2ccccc2)c2ccc(-n3c4ccccc4c4ccccc43)cc2)cc1.c1ccc(-c2ccccc2N(c2ccccc2)c2ccc(-n3c4ccccc4c4ccccc43)cc2)cc1.c1ccc(Nc2ccc(-n3c4ccccc4c4ccccc43)cc2)cc1. The average molecular weight is 1540 g/mol. The molecule has 0 unspecified atom stereocenters. The molecule has 0 radical (unpaired) electrons. The number of para-hydroxylation sites is 11. The van der Waals surface area contributed by atoms with Crippen molar-refractivity contribution in [2.24, 2.45) is 0 Å². The minimum atomic E-state index is 1.08. The Hall–Kier alpha value is -14.8. The Kier molecular flexibility index (Phi) is 20.9. The van der Waals surface area contributed by atoms with Gasteiger partial charge in [0.05, 0.1) is 44.5 Å². The first kappa shape index (κ1) is 71.8. The molecule has 0 aliphatic rings. The van der Waals surface area contributed by atoms with Gasteiger partial charge in [0.2, 0.25) is 0 Å². The summed E-state index contributed by atoms with van der Waals surface area (Å²) in [5.74, 6) is 0. The van der Waals surface area contributed by atoms with Crippen LogP contribution in [-0.2, 0) is 0 Å². The van der Waals surface area contributed by atoms with Crippen LogP contribution in [0.2, 0.25) is 0 Å². The molecule has 0 saturated carbocycles. The smallest absolute Gasteiger partial charge is 0.0541 e. The molecule has 7 heteroatoms. The lowest BCUT2D eigenvalue weighted by molar-refractivity contribution is 1.17. The quantitative estimate of drug-likeness (QED) is 0.118. The van der Waals surface area contributed by atoms with Gasteiger partial charge in [-0.25, -0.2) is 0 Å². The van der Waals surface area contributed by atoms with Crippen LogP contribution in [0.5, 0.6) is 0 Å². The number of halogens is 1. The van der Waals surface area contributed by atoms with Gasteiger partial charge in [0.25, 0.3) is 0 Å². The van der Waals surface area contributed by atoms with Crippen molar-refractivity contribution in [2.45, 2.75) is 0 Å². The Balaban J connectivity index is 0.000000112. The highest BCUT2D eigenvalue weighted by Gasteiger charge is 2.21. The van der Waals surface area contributed by atoms with Crippen LogP contribution in [0.1, 0.15) is 0 Å². The number of aromatic nitrogens is 3. The first-order valence-electron chi connectivity index (χ1n) is 38.9. The van der Waals surface area contributed by atoms with E-state index < -0.39 is 0 Å². The van der Waals surface area contributed by atoms with E-state index in [1.54, 1.807) is 0 Å². The fraction of sp³-hybridized carbons (Fsp3) is 0. The highest BCUT2D eigenvalue weighted by Crippen LogP contribution is 2.45. The lowest BCUT2D eigenvalue weighted by Gasteiger charge is -2.28. The van der Waals surface area contributed by atoms with Crippen LogP contribution in [0.25, 0.3) is 116 Å². The van der Waals surface area contributed by atoms with Gasteiger partial charge in [0, 0.05) is 99.1 Å². The molecular weight excluding hydrogens is 1460 g/mol. The van der Waals surface area contributed by atoms with Crippen molar-refractivity contribution >= 4 is 127 Å². The summed E-state index contributed by atoms with van der Waals surface area (Å²) in [6.45, 7) is 0. The highest BCUT2D eigenvalue weighted by molar-refractivity contribution is 9.10. The van der Waals surface area contributed by atoms with Gasteiger partial charge in [-0.1, -0.05) is 325 Å². The molecule has 0 fully saturated rings. The van der Waals surface area contributed by atoms with Crippen LogP contribution in [-0.4, -0.2) is 13.7 Å². The van der Waals surface area contributed by atoms with E-state index >= 15 is 0 Å². The number of rotatable bonds is 14. The van der Waals surface area contributed by atoms with Crippen molar-refractivity contribution in [3.63, 3.8) is 0 Å². The molecule has 0 saturated heterocycles. The number of nitrogens with zero attached hydrogens (tertiary/aromatic N) is 5. The van der Waals surface area contributed by atoms with Crippen molar-refractivity contribution in [2.75, 3.05) is 15.1 Å². The molecule has 1 N–H and O–H groups in total. The van der Waals surface area contributed by atoms with Gasteiger partial charge in [-0.3, -0.25) is 0 Å². The summed E-state index contributed by atoms with van der Waals surface area (Å²) in [7, 11) is 0. The number of fused-ring (bicyclic) bond motifs is 9. The zero-order chi connectivity index (χ0) is 77.1. The molecule has 3 heterocycles. The van der Waals surface area contributed by atoms with Crippen molar-refractivity contribution in [1.82, 2.24) is 13.7 Å². The summed E-state index contributed by atoms with van der Waals surface area (Å²) in [5, 5.41) is 11.1. The maximum absolute atomic E-state index is 3.53. The van der Waals surface area contributed by atoms with Crippen LogP contribution >= 0.6 is 15.9 Å². The topological polar surface area (TPSA) is 33.3 Å². The monoisotopic (exact) mass is 1540 g/mol. The summed E-state index contributed by atoms with van der Waals surface area (Å²) < 4.78 is 8.19. The first-order chi connectivity index (χ1) is 57.0. The lowest BCUT2D eigenvalue weighted by atomic mass is 10.0. The molecule has 3 aromatic heterocycles. The summed E-state index contributed by atoms with van der Waals surface area (Å²) in [5.41, 5.74) is 27.0. The van der Waals surface area contributed by atoms with E-state index in [9.17, 15) is 0 Å². The normalized spacial score (nSPS) is 11.0. The van der Waals surface area contributed by atoms with Crippen molar-refractivity contribution in [3.05, 3.63) is 478 Å². The van der Waals surface area contributed by atoms with Crippen molar-refractivity contribution in [3.8, 4) is 50.4 Å². The van der Waals surface area contributed by atoms with Crippen LogP contribution < -0.4 is 15.1 Å². The third kappa shape index (κ3) is 15.0. The Morgan fingerprint density at radius 2 is 0.409 bits per heavy atom. The van der Waals surface area contributed by atoms with Gasteiger partial charge in [-0.15, -0.1) is 0 Å². The molecule has 115 heavy (non-hydrogen) atoms. The molecule has 0 aliphatic carbocycles. The van der Waals surface area contributed by atoms with E-state index in [0.717, 1.165) is 61.3 Å². The summed E-state index contributed by atoms with van der Waals surface area (Å²) in [6, 6.07) is 167. The lowest BCUT2D eigenvalue weighted by Crippen LogP contribution is -2.11. The second kappa shape index (κ2) is 33.4. The molecule has 548 valence electrons. The van der Waals surface area contributed by atoms with Gasteiger partial charge >= 0.3 is 0 Å². The second-order valence-electron chi connectivity index (χ2n) is 28.1. The van der Waals surface area contributed by atoms with Gasteiger partial charge in [0.15, 0.2) is 0 Å². The van der Waals surface area contributed by atoms with Crippen LogP contribution in [0.3, 0.4) is 0 Å². The summed E-state index contributed by atoms with van der Waals surface area (Å²) in [6.07, 6.45) is 0. The Bertz CT molecular complexity index is 6410. The molecule has 21 rings (SSSR count). The largest absolute Gasteiger partial charge is 0.356 e. The minimum Gasteiger partial charge on any atom is -0.356 e. The Labute approximate surface area is 679 Å². The third-order valence-electron chi connectivity index (χ3n) is 21.1. The molecule has 21 aromatic rings. The molecule has 0 spiro atoms. The Morgan fingerprint density at radius 1 is 0.183 bits per heavy atom. The number of nitrogens with one attached hydrogen (secondary N) is 1. The predicted molar refractivity (Wildman–Crippen MR) is 492 cm³/mol. The van der Waals surface area contributed by atoms with E-state index in [1.807, 2.05) is 36.4 Å². The summed E-state index contributed by atoms with van der Waals surface area (Å²) >= 11 is 3.53. The fourth-order valence-corrected chi connectivity index (χ4v) is 16.4. The Morgan fingerprint density at radius 3 is 0.730 bits per heavy atom. The maximum Gasteiger partial charge on any atom is 0.0541 e. The predicted octanol–water partition coefficient (Wildman–Crippen LogP) is 30.5. The van der Waals surface area contributed by atoms with E-state index in [0.29, 0.717) is 0 Å². The van der Waals surface area contributed by atoms with Gasteiger partial charge in [-0.05, 0) is 186 Å². The average Bonchev–Trinajstić information content (AvgIpc) is 1.40. The third-order valence-corrected chi connectivity index (χ3v) is 21.8. The van der Waals surface area contributed by atoms with Crippen LogP contribution in [0, 0.1) is 0 Å². The summed E-state index contributed by atoms with van der Waals surface area (Å²) in [4.78, 5) is 4.69. The minimum absolute atomic E-state index is 1.08. The van der Waals surface area contributed by atoms with E-state index in [4.69, 9.17) is 0 Å². The van der Waals surface area contributed by atoms with Crippen LogP contribution in [0.15, 0.2) is 478 Å². The van der Waals surface area contributed by atoms with Gasteiger partial charge in [-0.2, -0.15) is 0 Å². The van der Waals surface area contributed by atoms with Crippen molar-refractivity contribution in [1.29, 1.82) is 0 Å². The van der Waals surface area contributed by atoms with Crippen molar-refractivity contribution < 1.29 is 0 Å². The zero-order valence-electron chi connectivity index (χ0n) is 63.1. The number of benzene rings is 18. The molecule has 0 bridgehead atoms. The van der Waals surface area contributed by atoms with E-state index in [-0.39, 0.29) is 0 Å². The molecule has 0 amide bonds. The van der Waals surface area contributed by atoms with Crippen LogP contribution in [0.4, 0.5) is 45.5 Å². The van der Waals surface area contributed by atoms with E-state index in [1.165, 1.54) is 104 Å². The zero-order valence-corrected chi connectivity index (χ0v) is 64.7. The fourth-order valence-electron chi connectivity index (χ4n) is 15.9. The molecule has 18 aromatic carbocycles. The van der Waals surface area contributed by atoms with E-state index in [2.05, 4.69) is 482 Å². The standard InChI is InChI=1S/2C36H26N2.C24H18N2.C12H9Br/c2*1-3-13-27(14-4-1)31-17-7-10-20-34(31)37(28-15-5-2-6-16-28)29-23-25-30(26-24-29)38-35-21-11-8-18-32(35)33-19-9-12-22-36(33)38;1-2-8-18(9-3-1)25-19-14-16-20(17-15-19)26-23-12-6-4-10-21(23)22-11-5-7-13-24(22)26;13-12-9-5-4-8-11(12)10-6-2-1-3-7-10/h2*1-26H;1-17,25H;1-9H. The highest BCUT2D eigenvalue weighted by atomic mass is 79.9. The van der Waals surface area contributed by atoms with Gasteiger partial charge in [0.1, 0.15) is 0 Å². The maximum atomic E-state index is 3.53. The van der Waals surface area contributed by atoms with Gasteiger partial charge < -0.3 is 28.8 Å². The molecule has 0 atom stereocenters. The molecular formula is C108H79BrN6. The number of hydrogen-bond acceptors (Lipinski definition) is 3. The number of hydrogen-bond donors (Lipinski definition) is 1. The first-order valence-corrected chi connectivity index (χ1v) is 39.7. The molecule has 6 nitrogen and oxygen atoms in total. The number of anilines is 8.